The highest BCUT2D eigenvalue weighted by molar-refractivity contribution is 7.90. The van der Waals surface area contributed by atoms with E-state index in [0.717, 1.165) is 11.8 Å². The highest BCUT2D eigenvalue weighted by Gasteiger charge is 2.17. The minimum absolute atomic E-state index is 0.114. The van der Waals surface area contributed by atoms with Crippen molar-refractivity contribution in [2.45, 2.75) is 17.9 Å². The van der Waals surface area contributed by atoms with Crippen molar-refractivity contribution in [3.05, 3.63) is 63.2 Å². The van der Waals surface area contributed by atoms with E-state index in [1.807, 2.05) is 6.92 Å². The molecule has 0 aliphatic carbocycles. The molecule has 0 fully saturated rings. The van der Waals surface area contributed by atoms with Crippen LogP contribution in [0.25, 0.3) is 0 Å². The lowest BCUT2D eigenvalue weighted by Crippen LogP contribution is -2.08. The molecule has 0 heterocycles. The Hall–Kier alpha value is -2.12. The molecule has 2 aromatic carbocycles. The number of halogens is 1. The molecule has 0 spiro atoms. The predicted octanol–water partition coefficient (Wildman–Crippen LogP) is 3.82. The molecule has 0 saturated heterocycles. The zero-order chi connectivity index (χ0) is 17.2. The summed E-state index contributed by atoms with van der Waals surface area (Å²) in [6.07, 6.45) is 1.14. The summed E-state index contributed by atoms with van der Waals surface area (Å²) in [5.41, 5.74) is 1.04. The lowest BCUT2D eigenvalue weighted by atomic mass is 10.1. The van der Waals surface area contributed by atoms with Gasteiger partial charge in [0.1, 0.15) is 5.69 Å². The zero-order valence-electron chi connectivity index (χ0n) is 12.5. The summed E-state index contributed by atoms with van der Waals surface area (Å²) in [6.45, 7) is 1.83. The van der Waals surface area contributed by atoms with Gasteiger partial charge in [-0.3, -0.25) is 10.1 Å². The van der Waals surface area contributed by atoms with Gasteiger partial charge in [-0.25, -0.2) is 8.42 Å². The molecule has 1 atom stereocenters. The van der Waals surface area contributed by atoms with Crippen LogP contribution in [-0.2, 0) is 9.84 Å². The zero-order valence-corrected chi connectivity index (χ0v) is 14.1. The minimum atomic E-state index is -3.25. The van der Waals surface area contributed by atoms with Gasteiger partial charge in [0.25, 0.3) is 5.69 Å². The molecule has 0 aliphatic rings. The second-order valence-corrected chi connectivity index (χ2v) is 7.58. The first kappa shape index (κ1) is 17.2. The topological polar surface area (TPSA) is 89.3 Å². The second-order valence-electron chi connectivity index (χ2n) is 5.13. The Morgan fingerprint density at radius 1 is 1.17 bits per heavy atom. The number of rotatable bonds is 5. The summed E-state index contributed by atoms with van der Waals surface area (Å²) in [6, 6.07) is 10.5. The van der Waals surface area contributed by atoms with Crippen LogP contribution in [-0.4, -0.2) is 19.6 Å². The van der Waals surface area contributed by atoms with Crippen LogP contribution in [0.5, 0.6) is 0 Å². The SMILES string of the molecule is CC(Nc1ccc(Cl)cc1[N+](=O)[O-])c1ccc(S(C)(=O)=O)cc1. The van der Waals surface area contributed by atoms with Crippen molar-refractivity contribution in [3.8, 4) is 0 Å². The smallest absolute Gasteiger partial charge is 0.293 e. The number of nitrogens with zero attached hydrogens (tertiary/aromatic N) is 1. The Morgan fingerprint density at radius 3 is 2.30 bits per heavy atom. The van der Waals surface area contributed by atoms with Gasteiger partial charge < -0.3 is 5.32 Å². The van der Waals surface area contributed by atoms with E-state index in [1.165, 1.54) is 18.2 Å². The molecule has 8 heteroatoms. The molecule has 0 aliphatic heterocycles. The molecule has 1 unspecified atom stereocenters. The fourth-order valence-electron chi connectivity index (χ4n) is 2.10. The van der Waals surface area contributed by atoms with Crippen molar-refractivity contribution in [2.75, 3.05) is 11.6 Å². The summed E-state index contributed by atoms with van der Waals surface area (Å²) in [5.74, 6) is 0. The molecular formula is C15H15ClN2O4S. The van der Waals surface area contributed by atoms with Gasteiger partial charge in [0, 0.05) is 23.4 Å². The Bertz CT molecular complexity index is 835. The molecule has 0 aromatic heterocycles. The molecule has 6 nitrogen and oxygen atoms in total. The quantitative estimate of drug-likeness (QED) is 0.651. The lowest BCUT2D eigenvalue weighted by molar-refractivity contribution is -0.384. The first-order valence-electron chi connectivity index (χ1n) is 6.69. The lowest BCUT2D eigenvalue weighted by Gasteiger charge is -2.16. The van der Waals surface area contributed by atoms with Crippen LogP contribution in [0.15, 0.2) is 47.4 Å². The van der Waals surface area contributed by atoms with Gasteiger partial charge in [-0.1, -0.05) is 23.7 Å². The van der Waals surface area contributed by atoms with Gasteiger partial charge in [-0.2, -0.15) is 0 Å². The van der Waals surface area contributed by atoms with Crippen molar-refractivity contribution in [1.29, 1.82) is 0 Å². The molecule has 0 bridgehead atoms. The summed E-state index contributed by atoms with van der Waals surface area (Å²) < 4.78 is 22.9. The maximum atomic E-state index is 11.5. The highest BCUT2D eigenvalue weighted by atomic mass is 35.5. The first-order chi connectivity index (χ1) is 10.7. The standard InChI is InChI=1S/C15H15ClN2O4S/c1-10(11-3-6-13(7-4-11)23(2,21)22)17-14-8-5-12(16)9-15(14)18(19)20/h3-10,17H,1-2H3. The Morgan fingerprint density at radius 2 is 1.78 bits per heavy atom. The number of hydrogen-bond acceptors (Lipinski definition) is 5. The van der Waals surface area contributed by atoms with Gasteiger partial charge in [0.15, 0.2) is 9.84 Å². The van der Waals surface area contributed by atoms with Crippen molar-refractivity contribution in [1.82, 2.24) is 0 Å². The summed E-state index contributed by atoms with van der Waals surface area (Å²) in [4.78, 5) is 10.8. The van der Waals surface area contributed by atoms with Crippen molar-refractivity contribution in [3.63, 3.8) is 0 Å². The van der Waals surface area contributed by atoms with E-state index in [9.17, 15) is 18.5 Å². The molecule has 0 amide bonds. The number of hydrogen-bond donors (Lipinski definition) is 1. The van der Waals surface area contributed by atoms with Crippen molar-refractivity contribution >= 4 is 32.8 Å². The Balaban J connectivity index is 2.26. The maximum Gasteiger partial charge on any atom is 0.293 e. The number of benzene rings is 2. The number of nitro groups is 1. The third kappa shape index (κ3) is 4.20. The molecule has 2 rings (SSSR count). The van der Waals surface area contributed by atoms with E-state index in [4.69, 9.17) is 11.6 Å². The van der Waals surface area contributed by atoms with Crippen LogP contribution >= 0.6 is 11.6 Å². The normalized spacial score (nSPS) is 12.7. The van der Waals surface area contributed by atoms with Crippen LogP contribution in [0.4, 0.5) is 11.4 Å². The van der Waals surface area contributed by atoms with Gasteiger partial charge in [-0.05, 0) is 36.8 Å². The number of anilines is 1. The maximum absolute atomic E-state index is 11.5. The summed E-state index contributed by atoms with van der Waals surface area (Å²) in [7, 11) is -3.25. The molecule has 1 N–H and O–H groups in total. The minimum Gasteiger partial charge on any atom is -0.373 e. The fraction of sp³-hybridized carbons (Fsp3) is 0.200. The van der Waals surface area contributed by atoms with Gasteiger partial charge in [0.2, 0.25) is 0 Å². The average molecular weight is 355 g/mol. The van der Waals surface area contributed by atoms with E-state index in [0.29, 0.717) is 5.69 Å². The second kappa shape index (κ2) is 6.55. The summed E-state index contributed by atoms with van der Waals surface area (Å²) >= 11 is 5.79. The van der Waals surface area contributed by atoms with E-state index in [-0.39, 0.29) is 21.6 Å². The molecule has 23 heavy (non-hydrogen) atoms. The number of nitro benzene ring substituents is 1. The van der Waals surface area contributed by atoms with Crippen molar-refractivity contribution < 1.29 is 13.3 Å². The van der Waals surface area contributed by atoms with Crippen molar-refractivity contribution in [2.24, 2.45) is 0 Å². The molecule has 0 saturated carbocycles. The number of sulfone groups is 1. The Kier molecular flexibility index (Phi) is 4.91. The molecule has 0 radical (unpaired) electrons. The molecular weight excluding hydrogens is 340 g/mol. The number of nitrogens with one attached hydrogen (secondary N) is 1. The largest absolute Gasteiger partial charge is 0.373 e. The predicted molar refractivity (Wildman–Crippen MR) is 89.7 cm³/mol. The third-order valence-corrected chi connectivity index (χ3v) is 4.70. The monoisotopic (exact) mass is 354 g/mol. The molecule has 2 aromatic rings. The average Bonchev–Trinajstić information content (AvgIpc) is 2.48. The van der Waals surface area contributed by atoms with E-state index < -0.39 is 14.8 Å². The van der Waals surface area contributed by atoms with Crippen LogP contribution in [0, 0.1) is 10.1 Å². The third-order valence-electron chi connectivity index (χ3n) is 3.34. The van der Waals surface area contributed by atoms with Crippen LogP contribution in [0.1, 0.15) is 18.5 Å². The van der Waals surface area contributed by atoms with Gasteiger partial charge in [-0.15, -0.1) is 0 Å². The first-order valence-corrected chi connectivity index (χ1v) is 8.96. The van der Waals surface area contributed by atoms with E-state index in [2.05, 4.69) is 5.32 Å². The fourth-order valence-corrected chi connectivity index (χ4v) is 2.90. The summed E-state index contributed by atoms with van der Waals surface area (Å²) in [5, 5.41) is 14.4. The molecule has 122 valence electrons. The van der Waals surface area contributed by atoms with E-state index >= 15 is 0 Å². The van der Waals surface area contributed by atoms with Gasteiger partial charge >= 0.3 is 0 Å². The van der Waals surface area contributed by atoms with Crippen LogP contribution in [0.3, 0.4) is 0 Å². The van der Waals surface area contributed by atoms with E-state index in [1.54, 1.807) is 24.3 Å². The van der Waals surface area contributed by atoms with Gasteiger partial charge in [0.05, 0.1) is 9.82 Å². The highest BCUT2D eigenvalue weighted by Crippen LogP contribution is 2.31. The van der Waals surface area contributed by atoms with Crippen LogP contribution < -0.4 is 5.32 Å². The Labute approximate surface area is 139 Å². The van der Waals surface area contributed by atoms with Crippen LogP contribution in [0.2, 0.25) is 5.02 Å².